The predicted molar refractivity (Wildman–Crippen MR) is 128 cm³/mol. The van der Waals surface area contributed by atoms with Gasteiger partial charge in [0.1, 0.15) is 17.6 Å². The van der Waals surface area contributed by atoms with Crippen LogP contribution >= 0.6 is 27.5 Å². The zero-order valence-corrected chi connectivity index (χ0v) is 20.0. The molecule has 1 aliphatic rings. The molecule has 8 heteroatoms. The van der Waals surface area contributed by atoms with Gasteiger partial charge in [-0.3, -0.25) is 9.69 Å². The molecule has 1 amide bonds. The van der Waals surface area contributed by atoms with Crippen LogP contribution in [0, 0.1) is 0 Å². The number of benzene rings is 3. The summed E-state index contributed by atoms with van der Waals surface area (Å²) in [5.74, 6) is 0.0243. The summed E-state index contributed by atoms with van der Waals surface area (Å²) < 4.78 is 12.6. The molecule has 4 rings (SSSR count). The van der Waals surface area contributed by atoms with Gasteiger partial charge in [-0.25, -0.2) is 4.79 Å². The number of amides is 1. The Kier molecular flexibility index (Phi) is 6.91. The molecule has 0 unspecified atom stereocenters. The largest absolute Gasteiger partial charge is 0.481 e. The highest BCUT2D eigenvalue weighted by molar-refractivity contribution is 9.10. The van der Waals surface area contributed by atoms with E-state index in [0.29, 0.717) is 22.1 Å². The number of halogens is 2. The lowest BCUT2D eigenvalue weighted by Gasteiger charge is -2.22. The molecule has 6 nitrogen and oxygen atoms in total. The molecule has 0 spiro atoms. The Balaban J connectivity index is 1.58. The highest BCUT2D eigenvalue weighted by Gasteiger charge is 2.39. The Morgan fingerprint density at radius 3 is 2.61 bits per heavy atom. The molecule has 0 aromatic heterocycles. The fourth-order valence-electron chi connectivity index (χ4n) is 3.80. The smallest absolute Gasteiger partial charge is 0.411 e. The third-order valence-corrected chi connectivity index (χ3v) is 6.33. The van der Waals surface area contributed by atoms with Crippen LogP contribution in [0.1, 0.15) is 29.7 Å². The number of rotatable bonds is 7. The number of carboxylic acid groups (broad SMARTS) is 1. The predicted octanol–water partition coefficient (Wildman–Crippen LogP) is 6.60. The van der Waals surface area contributed by atoms with Crippen molar-refractivity contribution in [2.75, 3.05) is 0 Å². The molecular weight excluding hydrogens is 510 g/mol. The molecule has 1 aliphatic heterocycles. The number of carbonyl (C=O) groups excluding carboxylic acids is 1. The maximum Gasteiger partial charge on any atom is 0.411 e. The zero-order valence-electron chi connectivity index (χ0n) is 17.7. The number of hydrogen-bond donors (Lipinski definition) is 1. The van der Waals surface area contributed by atoms with Crippen LogP contribution in [0.3, 0.4) is 0 Å². The van der Waals surface area contributed by atoms with Crippen LogP contribution in [0.5, 0.6) is 11.5 Å². The average Bonchev–Trinajstić information content (AvgIpc) is 3.06. The summed E-state index contributed by atoms with van der Waals surface area (Å²) in [6.45, 7) is 2.24. The van der Waals surface area contributed by atoms with Crippen molar-refractivity contribution < 1.29 is 24.2 Å². The summed E-state index contributed by atoms with van der Waals surface area (Å²) >= 11 is 9.61. The molecular formula is C25H21BrClNO5. The Bertz CT molecular complexity index is 1190. The quantitative estimate of drug-likeness (QED) is 0.372. The van der Waals surface area contributed by atoms with Crippen molar-refractivity contribution in [3.05, 3.63) is 92.9 Å². The van der Waals surface area contributed by atoms with Crippen LogP contribution in [0.4, 0.5) is 4.79 Å². The molecule has 1 fully saturated rings. The second-order valence-corrected chi connectivity index (χ2v) is 9.08. The van der Waals surface area contributed by atoms with E-state index in [0.717, 1.165) is 15.6 Å². The lowest BCUT2D eigenvalue weighted by Crippen LogP contribution is -2.31. The molecule has 3 aromatic rings. The summed E-state index contributed by atoms with van der Waals surface area (Å²) in [6.07, 6.45) is -0.955. The van der Waals surface area contributed by atoms with Gasteiger partial charge in [0, 0.05) is 15.1 Å². The number of carbonyl (C=O) groups is 2. The Morgan fingerprint density at radius 2 is 1.88 bits per heavy atom. The van der Waals surface area contributed by atoms with E-state index in [4.69, 9.17) is 26.2 Å². The molecule has 1 saturated heterocycles. The van der Waals surface area contributed by atoms with Crippen molar-refractivity contribution in [3.63, 3.8) is 0 Å². The van der Waals surface area contributed by atoms with Gasteiger partial charge in [0.25, 0.3) is 0 Å². The molecule has 0 saturated carbocycles. The van der Waals surface area contributed by atoms with E-state index in [2.05, 4.69) is 15.9 Å². The van der Waals surface area contributed by atoms with Crippen LogP contribution in [-0.2, 0) is 22.5 Å². The van der Waals surface area contributed by atoms with E-state index in [1.54, 1.807) is 29.2 Å². The number of nitrogens with zero attached hydrogens (tertiary/aromatic N) is 1. The second kappa shape index (κ2) is 9.85. The van der Waals surface area contributed by atoms with E-state index >= 15 is 0 Å². The van der Waals surface area contributed by atoms with Gasteiger partial charge >= 0.3 is 12.1 Å². The highest BCUT2D eigenvalue weighted by Crippen LogP contribution is 2.36. The number of hydrogen-bond acceptors (Lipinski definition) is 4. The van der Waals surface area contributed by atoms with E-state index in [9.17, 15) is 9.59 Å². The monoisotopic (exact) mass is 529 g/mol. The van der Waals surface area contributed by atoms with E-state index < -0.39 is 12.1 Å². The Morgan fingerprint density at radius 1 is 1.12 bits per heavy atom. The van der Waals surface area contributed by atoms with Crippen molar-refractivity contribution in [3.8, 4) is 11.5 Å². The number of ether oxygens (including phenoxy) is 2. The first-order valence-electron chi connectivity index (χ1n) is 10.3. The first kappa shape index (κ1) is 23.1. The topological polar surface area (TPSA) is 76.1 Å². The summed E-state index contributed by atoms with van der Waals surface area (Å²) in [7, 11) is 0. The molecule has 170 valence electrons. The van der Waals surface area contributed by atoms with Gasteiger partial charge in [-0.2, -0.15) is 0 Å². The summed E-state index contributed by atoms with van der Waals surface area (Å²) in [4.78, 5) is 25.5. The molecule has 2 atom stereocenters. The molecule has 1 N–H and O–H groups in total. The first-order valence-corrected chi connectivity index (χ1v) is 11.5. The molecule has 3 aromatic carbocycles. The van der Waals surface area contributed by atoms with Gasteiger partial charge in [-0.1, -0.05) is 57.9 Å². The van der Waals surface area contributed by atoms with Crippen LogP contribution < -0.4 is 4.74 Å². The highest BCUT2D eigenvalue weighted by atomic mass is 79.9. The standard InChI is InChI=1S/C25H21BrClNO5/c1-15-24(16-5-3-2-4-6-16)33-25(31)28(15)14-18-11-19(26)7-10-22(18)32-20-8-9-21(27)17(12-20)13-23(29)30/h2-12,15,24H,13-14H2,1H3,(H,29,30)/t15-,24-/m1/s1. The lowest BCUT2D eigenvalue weighted by molar-refractivity contribution is -0.136. The van der Waals surface area contributed by atoms with Crippen molar-refractivity contribution in [1.82, 2.24) is 4.90 Å². The minimum atomic E-state index is -0.979. The van der Waals surface area contributed by atoms with Gasteiger partial charge in [-0.15, -0.1) is 0 Å². The van der Waals surface area contributed by atoms with Gasteiger partial charge in [-0.05, 0) is 54.4 Å². The number of aliphatic carboxylic acids is 1. The fourth-order valence-corrected chi connectivity index (χ4v) is 4.39. The van der Waals surface area contributed by atoms with Crippen LogP contribution in [0.25, 0.3) is 0 Å². The van der Waals surface area contributed by atoms with E-state index in [-0.39, 0.29) is 25.1 Å². The third-order valence-electron chi connectivity index (χ3n) is 5.47. The van der Waals surface area contributed by atoms with Crippen molar-refractivity contribution in [2.24, 2.45) is 0 Å². The van der Waals surface area contributed by atoms with Gasteiger partial charge < -0.3 is 14.6 Å². The third kappa shape index (κ3) is 5.31. The Hall–Kier alpha value is -3.03. The van der Waals surface area contributed by atoms with Crippen molar-refractivity contribution in [1.29, 1.82) is 0 Å². The summed E-state index contributed by atoms with van der Waals surface area (Å²) in [5.41, 5.74) is 2.18. The van der Waals surface area contributed by atoms with E-state index in [1.807, 2.05) is 49.4 Å². The van der Waals surface area contributed by atoms with Gasteiger partial charge in [0.2, 0.25) is 0 Å². The molecule has 0 bridgehead atoms. The first-order chi connectivity index (χ1) is 15.8. The molecule has 1 heterocycles. The molecule has 33 heavy (non-hydrogen) atoms. The fraction of sp³-hybridized carbons (Fsp3) is 0.200. The average molecular weight is 531 g/mol. The van der Waals surface area contributed by atoms with Crippen molar-refractivity contribution in [2.45, 2.75) is 32.0 Å². The molecule has 0 radical (unpaired) electrons. The number of carboxylic acids is 1. The maximum absolute atomic E-state index is 12.7. The summed E-state index contributed by atoms with van der Waals surface area (Å²) in [5, 5.41) is 9.47. The minimum Gasteiger partial charge on any atom is -0.481 e. The van der Waals surface area contributed by atoms with Gasteiger partial charge in [0.15, 0.2) is 0 Å². The van der Waals surface area contributed by atoms with Crippen LogP contribution in [0.2, 0.25) is 5.02 Å². The normalized spacial score (nSPS) is 17.7. The minimum absolute atomic E-state index is 0.176. The molecule has 0 aliphatic carbocycles. The summed E-state index contributed by atoms with van der Waals surface area (Å²) in [6, 6.07) is 19.9. The van der Waals surface area contributed by atoms with Crippen LogP contribution in [-0.4, -0.2) is 28.1 Å². The van der Waals surface area contributed by atoms with Crippen molar-refractivity contribution >= 4 is 39.6 Å². The lowest BCUT2D eigenvalue weighted by atomic mass is 10.0. The Labute approximate surface area is 204 Å². The zero-order chi connectivity index (χ0) is 23.5. The second-order valence-electron chi connectivity index (χ2n) is 7.76. The number of cyclic esters (lactones) is 1. The van der Waals surface area contributed by atoms with Gasteiger partial charge in [0.05, 0.1) is 19.0 Å². The maximum atomic E-state index is 12.7. The van der Waals surface area contributed by atoms with E-state index in [1.165, 1.54) is 0 Å². The van der Waals surface area contributed by atoms with Crippen LogP contribution in [0.15, 0.2) is 71.2 Å². The SMILES string of the molecule is C[C@@H]1[C@H](c2ccccc2)OC(=O)N1Cc1cc(Br)ccc1Oc1ccc(Cl)c(CC(=O)O)c1.